The molecule has 2 aliphatic carbocycles. The first-order valence-corrected chi connectivity index (χ1v) is 8.36. The van der Waals surface area contributed by atoms with Crippen molar-refractivity contribution in [1.29, 1.82) is 0 Å². The van der Waals surface area contributed by atoms with Crippen molar-refractivity contribution in [1.82, 2.24) is 0 Å². The van der Waals surface area contributed by atoms with E-state index in [-0.39, 0.29) is 28.6 Å². The number of hydrogen-bond donors (Lipinski definition) is 0. The van der Waals surface area contributed by atoms with Crippen LogP contribution < -0.4 is 0 Å². The molecule has 3 unspecified atom stereocenters. The molecule has 0 aliphatic heterocycles. The molecule has 128 valence electrons. The lowest BCUT2D eigenvalue weighted by atomic mass is 9.88. The normalized spacial score (nSPS) is 34.3. The van der Waals surface area contributed by atoms with Gasteiger partial charge in [0, 0.05) is 33.5 Å². The summed E-state index contributed by atoms with van der Waals surface area (Å²) >= 11 is 26.2. The van der Waals surface area contributed by atoms with Gasteiger partial charge in [-0.2, -0.15) is 0 Å². The van der Waals surface area contributed by atoms with E-state index < -0.39 is 15.5 Å². The Morgan fingerprint density at radius 1 is 1.22 bits per heavy atom. The van der Waals surface area contributed by atoms with Gasteiger partial charge in [0.15, 0.2) is 6.61 Å². The van der Waals surface area contributed by atoms with Gasteiger partial charge in [-0.05, 0) is 6.42 Å². The summed E-state index contributed by atoms with van der Waals surface area (Å²) in [6.45, 7) is 1.34. The topological polar surface area (TPSA) is 44.8 Å². The fourth-order valence-electron chi connectivity index (χ4n) is 3.36. The van der Waals surface area contributed by atoms with E-state index in [4.69, 9.17) is 60.6 Å². The second-order valence-electron chi connectivity index (χ2n) is 5.40. The van der Waals surface area contributed by atoms with Crippen molar-refractivity contribution >= 4 is 52.4 Å². The molecule has 2 aliphatic rings. The number of carbonyl (C=O) groups excluding carboxylic acids is 1. The van der Waals surface area contributed by atoms with Crippen LogP contribution in [0.15, 0.2) is 10.1 Å². The van der Waals surface area contributed by atoms with E-state index in [0.29, 0.717) is 12.8 Å². The highest BCUT2D eigenvalue weighted by atomic mass is 35.5. The van der Waals surface area contributed by atoms with E-state index in [9.17, 15) is 4.79 Å². The molecule has 0 spiro atoms. The van der Waals surface area contributed by atoms with Crippen molar-refractivity contribution in [2.75, 3.05) is 20.8 Å². The maximum absolute atomic E-state index is 10.7. The number of ether oxygens (including phenoxy) is 3. The summed E-state index contributed by atoms with van der Waals surface area (Å²) in [5, 5.41) is 0.459. The molecule has 0 radical (unpaired) electrons. The zero-order valence-electron chi connectivity index (χ0n) is 12.8. The van der Waals surface area contributed by atoms with Crippen LogP contribution in [0.25, 0.3) is 0 Å². The van der Waals surface area contributed by atoms with Crippen LogP contribution in [0.2, 0.25) is 0 Å². The van der Waals surface area contributed by atoms with Crippen molar-refractivity contribution in [3.63, 3.8) is 0 Å². The first kappa shape index (κ1) is 19.2. The standard InChI is InChI=1S/C15H16Cl4O4/c1-9(20)23-7-5-4-6-10-8-13(18)11(16)12(17)14(10,19)15(13,21-2)22-3/h10H,6-8H2,1-3H3. The average Bonchev–Trinajstić information content (AvgIpc) is 2.77. The summed E-state index contributed by atoms with van der Waals surface area (Å²) in [5.74, 6) is 3.68. The zero-order chi connectivity index (χ0) is 17.5. The van der Waals surface area contributed by atoms with Crippen LogP contribution in [0.5, 0.6) is 0 Å². The molecule has 0 aromatic carbocycles. The predicted molar refractivity (Wildman–Crippen MR) is 89.8 cm³/mol. The molecular formula is C15H16Cl4O4. The van der Waals surface area contributed by atoms with Crippen LogP contribution in [0.3, 0.4) is 0 Å². The number of hydrogen-bond acceptors (Lipinski definition) is 4. The number of carbonyl (C=O) groups is 1. The summed E-state index contributed by atoms with van der Waals surface area (Å²) < 4.78 is 15.9. The van der Waals surface area contributed by atoms with E-state index in [1.807, 2.05) is 0 Å². The highest BCUT2D eigenvalue weighted by Gasteiger charge is 2.80. The van der Waals surface area contributed by atoms with Gasteiger partial charge in [0.1, 0.15) is 9.75 Å². The lowest BCUT2D eigenvalue weighted by Crippen LogP contribution is -2.56. The fraction of sp³-hybridized carbons (Fsp3) is 0.667. The van der Waals surface area contributed by atoms with Gasteiger partial charge in [-0.3, -0.25) is 4.79 Å². The summed E-state index contributed by atoms with van der Waals surface area (Å²) in [4.78, 5) is 8.31. The number of fused-ring (bicyclic) bond motifs is 2. The minimum Gasteiger partial charge on any atom is -0.453 e. The van der Waals surface area contributed by atoms with E-state index in [2.05, 4.69) is 11.8 Å². The molecule has 4 nitrogen and oxygen atoms in total. The lowest BCUT2D eigenvalue weighted by Gasteiger charge is -2.41. The van der Waals surface area contributed by atoms with Crippen LogP contribution >= 0.6 is 46.4 Å². The molecule has 2 rings (SSSR count). The van der Waals surface area contributed by atoms with Crippen LogP contribution in [0, 0.1) is 17.8 Å². The van der Waals surface area contributed by atoms with E-state index in [1.54, 1.807) is 0 Å². The number of halogens is 4. The lowest BCUT2D eigenvalue weighted by molar-refractivity contribution is -0.218. The van der Waals surface area contributed by atoms with E-state index in [1.165, 1.54) is 21.1 Å². The third-order valence-electron chi connectivity index (χ3n) is 4.35. The van der Waals surface area contributed by atoms with Crippen LogP contribution in [-0.2, 0) is 19.0 Å². The Morgan fingerprint density at radius 3 is 2.30 bits per heavy atom. The van der Waals surface area contributed by atoms with Crippen LogP contribution in [-0.4, -0.2) is 42.3 Å². The summed E-state index contributed by atoms with van der Waals surface area (Å²) in [7, 11) is 2.90. The van der Waals surface area contributed by atoms with Crippen LogP contribution in [0.4, 0.5) is 0 Å². The van der Waals surface area contributed by atoms with Gasteiger partial charge in [-0.25, -0.2) is 0 Å². The molecule has 0 saturated heterocycles. The number of esters is 1. The van der Waals surface area contributed by atoms with Gasteiger partial charge >= 0.3 is 5.97 Å². The molecule has 3 atom stereocenters. The van der Waals surface area contributed by atoms with Gasteiger partial charge in [-0.15, -0.1) is 23.2 Å². The number of rotatable bonds is 4. The molecule has 1 fully saturated rings. The van der Waals surface area contributed by atoms with Crippen molar-refractivity contribution in [2.24, 2.45) is 5.92 Å². The van der Waals surface area contributed by atoms with Gasteiger partial charge in [0.2, 0.25) is 5.79 Å². The monoisotopic (exact) mass is 400 g/mol. The third kappa shape index (κ3) is 2.49. The maximum Gasteiger partial charge on any atom is 0.303 e. The Labute approximate surface area is 155 Å². The third-order valence-corrected chi connectivity index (χ3v) is 6.97. The summed E-state index contributed by atoms with van der Waals surface area (Å²) in [5.41, 5.74) is 0. The molecule has 0 N–H and O–H groups in total. The first-order valence-electron chi connectivity index (χ1n) is 6.84. The Kier molecular flexibility index (Phi) is 5.53. The van der Waals surface area contributed by atoms with Crippen molar-refractivity contribution in [2.45, 2.75) is 35.3 Å². The second kappa shape index (κ2) is 6.63. The first-order chi connectivity index (χ1) is 10.7. The molecule has 1 saturated carbocycles. The smallest absolute Gasteiger partial charge is 0.303 e. The summed E-state index contributed by atoms with van der Waals surface area (Å²) in [6.07, 6.45) is 0.783. The van der Waals surface area contributed by atoms with Gasteiger partial charge in [0.05, 0.1) is 10.1 Å². The van der Waals surface area contributed by atoms with Crippen molar-refractivity contribution < 1.29 is 19.0 Å². The fourth-order valence-corrected chi connectivity index (χ4v) is 5.45. The van der Waals surface area contributed by atoms with Gasteiger partial charge in [0.25, 0.3) is 0 Å². The molecule has 23 heavy (non-hydrogen) atoms. The number of alkyl halides is 2. The summed E-state index contributed by atoms with van der Waals surface area (Å²) in [6, 6.07) is 0. The Hall–Kier alpha value is -0.150. The quantitative estimate of drug-likeness (QED) is 0.312. The van der Waals surface area contributed by atoms with Crippen molar-refractivity contribution in [3.8, 4) is 11.8 Å². The van der Waals surface area contributed by atoms with Gasteiger partial charge < -0.3 is 14.2 Å². The predicted octanol–water partition coefficient (Wildman–Crippen LogP) is 3.61. The maximum atomic E-state index is 10.7. The van der Waals surface area contributed by atoms with Crippen molar-refractivity contribution in [3.05, 3.63) is 10.1 Å². The zero-order valence-corrected chi connectivity index (χ0v) is 15.9. The minimum absolute atomic E-state index is 0.0212. The van der Waals surface area contributed by atoms with Crippen LogP contribution in [0.1, 0.15) is 19.8 Å². The highest BCUT2D eigenvalue weighted by molar-refractivity contribution is 6.51. The Bertz CT molecular complexity index is 604. The molecule has 0 heterocycles. The van der Waals surface area contributed by atoms with E-state index in [0.717, 1.165) is 0 Å². The molecular weight excluding hydrogens is 386 g/mol. The Balaban J connectivity index is 2.28. The molecule has 0 aromatic rings. The molecule has 0 aromatic heterocycles. The second-order valence-corrected chi connectivity index (χ2v) is 7.40. The molecule has 2 bridgehead atoms. The molecule has 0 amide bonds. The molecule has 8 heteroatoms. The SMILES string of the molecule is COC1(OC)C2(Cl)CC(CC#CCOC(C)=O)C1(Cl)C(Cl)=C2Cl. The van der Waals surface area contributed by atoms with Gasteiger partial charge in [-0.1, -0.05) is 35.0 Å². The highest BCUT2D eigenvalue weighted by Crippen LogP contribution is 2.72. The van der Waals surface area contributed by atoms with E-state index >= 15 is 0 Å². The largest absolute Gasteiger partial charge is 0.453 e. The average molecular weight is 402 g/mol. The Morgan fingerprint density at radius 2 is 1.83 bits per heavy atom. The minimum atomic E-state index is -1.38. The number of methoxy groups -OCH3 is 2.